The van der Waals surface area contributed by atoms with Crippen LogP contribution in [0.4, 0.5) is 5.69 Å². The van der Waals surface area contributed by atoms with E-state index in [1.54, 1.807) is 29.0 Å². The standard InChI is InChI=1S/C22H19ClN2O3S2/c1-28-12-4-11-24-21(27)19(30-22(24)29)18-16-5-2-3-6-17(16)25(20(18)26)13-14-7-9-15(23)10-8-14/h2-3,5-10H,4,11-13H2,1H3. The van der Waals surface area contributed by atoms with Crippen LogP contribution in [0.2, 0.25) is 5.02 Å². The highest BCUT2D eigenvalue weighted by Crippen LogP contribution is 2.45. The van der Waals surface area contributed by atoms with Gasteiger partial charge in [-0.05, 0) is 30.2 Å². The molecule has 0 saturated carbocycles. The Morgan fingerprint density at radius 3 is 2.50 bits per heavy atom. The molecule has 0 radical (unpaired) electrons. The number of rotatable bonds is 6. The smallest absolute Gasteiger partial charge is 0.267 e. The first-order valence-electron chi connectivity index (χ1n) is 9.44. The van der Waals surface area contributed by atoms with E-state index >= 15 is 0 Å². The Labute approximate surface area is 189 Å². The normalized spacial score (nSPS) is 18.5. The van der Waals surface area contributed by atoms with E-state index in [0.717, 1.165) is 16.8 Å². The van der Waals surface area contributed by atoms with E-state index in [0.29, 0.717) is 45.9 Å². The van der Waals surface area contributed by atoms with Gasteiger partial charge >= 0.3 is 0 Å². The Hall–Kier alpha value is -2.19. The second kappa shape index (κ2) is 8.89. The first kappa shape index (κ1) is 21.1. The number of nitrogens with zero attached hydrogens (tertiary/aromatic N) is 2. The summed E-state index contributed by atoms with van der Waals surface area (Å²) in [6.07, 6.45) is 0.679. The minimum absolute atomic E-state index is 0.191. The van der Waals surface area contributed by atoms with Crippen LogP contribution in [0.15, 0.2) is 53.4 Å². The molecule has 1 fully saturated rings. The summed E-state index contributed by atoms with van der Waals surface area (Å²) in [5, 5.41) is 0.643. The molecule has 0 atom stereocenters. The number of amides is 2. The number of benzene rings is 2. The zero-order valence-corrected chi connectivity index (χ0v) is 18.6. The predicted molar refractivity (Wildman–Crippen MR) is 124 cm³/mol. The molecule has 2 heterocycles. The number of hydrogen-bond donors (Lipinski definition) is 0. The van der Waals surface area contributed by atoms with Gasteiger partial charge in [0.2, 0.25) is 0 Å². The lowest BCUT2D eigenvalue weighted by Gasteiger charge is -2.17. The fourth-order valence-corrected chi connectivity index (χ4v) is 5.04. The maximum Gasteiger partial charge on any atom is 0.267 e. The second-order valence-corrected chi connectivity index (χ2v) is 8.99. The summed E-state index contributed by atoms with van der Waals surface area (Å²) >= 11 is 12.6. The van der Waals surface area contributed by atoms with Crippen molar-refractivity contribution in [3.05, 3.63) is 69.6 Å². The lowest BCUT2D eigenvalue weighted by atomic mass is 10.1. The number of thiocarbonyl (C=S) groups is 1. The Bertz CT molecular complexity index is 1050. The van der Waals surface area contributed by atoms with Gasteiger partial charge in [-0.25, -0.2) is 0 Å². The van der Waals surface area contributed by atoms with Crippen LogP contribution in [0.1, 0.15) is 17.5 Å². The van der Waals surface area contributed by atoms with Gasteiger partial charge in [-0.15, -0.1) is 0 Å². The van der Waals surface area contributed by atoms with Gasteiger partial charge in [-0.3, -0.25) is 14.5 Å². The second-order valence-electron chi connectivity index (χ2n) is 6.91. The molecular weight excluding hydrogens is 440 g/mol. The van der Waals surface area contributed by atoms with Gasteiger partial charge in [-0.2, -0.15) is 0 Å². The zero-order chi connectivity index (χ0) is 21.3. The van der Waals surface area contributed by atoms with Crippen molar-refractivity contribution in [2.75, 3.05) is 25.2 Å². The molecule has 1 saturated heterocycles. The van der Waals surface area contributed by atoms with E-state index in [-0.39, 0.29) is 11.8 Å². The summed E-state index contributed by atoms with van der Waals surface area (Å²) in [5.41, 5.74) is 2.92. The number of para-hydroxylation sites is 1. The van der Waals surface area contributed by atoms with Crippen LogP contribution in [-0.4, -0.2) is 41.3 Å². The first-order valence-corrected chi connectivity index (χ1v) is 11.0. The summed E-state index contributed by atoms with van der Waals surface area (Å²) in [5.74, 6) is -0.406. The van der Waals surface area contributed by atoms with E-state index in [2.05, 4.69) is 0 Å². The number of anilines is 1. The number of carbonyl (C=O) groups excluding carboxylic acids is 2. The molecule has 0 spiro atoms. The number of methoxy groups -OCH3 is 1. The van der Waals surface area contributed by atoms with Gasteiger partial charge in [0.05, 0.1) is 22.7 Å². The molecule has 0 N–H and O–H groups in total. The Morgan fingerprint density at radius 1 is 1.03 bits per heavy atom. The summed E-state index contributed by atoms with van der Waals surface area (Å²) < 4.78 is 5.54. The first-order chi connectivity index (χ1) is 14.5. The van der Waals surface area contributed by atoms with Crippen LogP contribution >= 0.6 is 35.6 Å². The fraction of sp³-hybridized carbons (Fsp3) is 0.227. The number of thioether (sulfide) groups is 1. The van der Waals surface area contributed by atoms with Crippen molar-refractivity contribution < 1.29 is 14.3 Å². The number of carbonyl (C=O) groups is 2. The third kappa shape index (κ3) is 3.90. The minimum atomic E-state index is -0.215. The van der Waals surface area contributed by atoms with Gasteiger partial charge in [0.1, 0.15) is 4.32 Å². The third-order valence-corrected chi connectivity index (χ3v) is 6.68. The molecule has 154 valence electrons. The molecule has 0 aromatic heterocycles. The van der Waals surface area contributed by atoms with Crippen molar-refractivity contribution in [2.24, 2.45) is 0 Å². The topological polar surface area (TPSA) is 49.9 Å². The van der Waals surface area contributed by atoms with Gasteiger partial charge in [-0.1, -0.05) is 65.9 Å². The van der Waals surface area contributed by atoms with Gasteiger partial charge in [0, 0.05) is 30.8 Å². The largest absolute Gasteiger partial charge is 0.385 e. The molecule has 2 aliphatic rings. The van der Waals surface area contributed by atoms with Gasteiger partial charge in [0.15, 0.2) is 0 Å². The molecule has 0 aliphatic carbocycles. The molecule has 8 heteroatoms. The average Bonchev–Trinajstić information content (AvgIpc) is 3.17. The van der Waals surface area contributed by atoms with Gasteiger partial charge in [0.25, 0.3) is 11.8 Å². The molecule has 2 amide bonds. The number of halogens is 1. The average molecular weight is 459 g/mol. The summed E-state index contributed by atoms with van der Waals surface area (Å²) in [4.78, 5) is 30.2. The molecule has 30 heavy (non-hydrogen) atoms. The fourth-order valence-electron chi connectivity index (χ4n) is 3.54. The number of hydrogen-bond acceptors (Lipinski definition) is 5. The summed E-state index contributed by atoms with van der Waals surface area (Å²) in [7, 11) is 1.62. The molecule has 5 nitrogen and oxygen atoms in total. The minimum Gasteiger partial charge on any atom is -0.385 e. The highest BCUT2D eigenvalue weighted by molar-refractivity contribution is 8.26. The number of ether oxygens (including phenoxy) is 1. The number of fused-ring (bicyclic) bond motifs is 1. The Morgan fingerprint density at radius 2 is 1.77 bits per heavy atom. The van der Waals surface area contributed by atoms with Crippen LogP contribution in [-0.2, 0) is 20.9 Å². The van der Waals surface area contributed by atoms with Crippen molar-refractivity contribution in [3.8, 4) is 0 Å². The van der Waals surface area contributed by atoms with Crippen molar-refractivity contribution >= 4 is 63.0 Å². The summed E-state index contributed by atoms with van der Waals surface area (Å²) in [6.45, 7) is 1.41. The maximum absolute atomic E-state index is 13.4. The molecule has 0 unspecified atom stereocenters. The lowest BCUT2D eigenvalue weighted by Crippen LogP contribution is -2.30. The van der Waals surface area contributed by atoms with Crippen molar-refractivity contribution in [3.63, 3.8) is 0 Å². The van der Waals surface area contributed by atoms with Crippen LogP contribution in [0.5, 0.6) is 0 Å². The Kier molecular flexibility index (Phi) is 6.24. The maximum atomic E-state index is 13.4. The highest BCUT2D eigenvalue weighted by atomic mass is 35.5. The van der Waals surface area contributed by atoms with E-state index in [9.17, 15) is 9.59 Å². The molecule has 2 aromatic rings. The van der Waals surface area contributed by atoms with Gasteiger partial charge < -0.3 is 9.64 Å². The predicted octanol–water partition coefficient (Wildman–Crippen LogP) is 4.49. The monoisotopic (exact) mass is 458 g/mol. The van der Waals surface area contributed by atoms with Crippen molar-refractivity contribution in [2.45, 2.75) is 13.0 Å². The molecular formula is C22H19ClN2O3S2. The quantitative estimate of drug-likeness (QED) is 0.362. The zero-order valence-electron chi connectivity index (χ0n) is 16.3. The van der Waals surface area contributed by atoms with Crippen LogP contribution < -0.4 is 4.90 Å². The molecule has 2 aromatic carbocycles. The van der Waals surface area contributed by atoms with E-state index in [4.69, 9.17) is 28.6 Å². The molecule has 0 bridgehead atoms. The highest BCUT2D eigenvalue weighted by Gasteiger charge is 2.41. The van der Waals surface area contributed by atoms with E-state index in [1.165, 1.54) is 11.8 Å². The van der Waals surface area contributed by atoms with E-state index < -0.39 is 0 Å². The Balaban J connectivity index is 1.69. The molecule has 4 rings (SSSR count). The summed E-state index contributed by atoms with van der Waals surface area (Å²) in [6, 6.07) is 14.9. The van der Waals surface area contributed by atoms with Crippen molar-refractivity contribution in [1.82, 2.24) is 4.90 Å². The van der Waals surface area contributed by atoms with Crippen LogP contribution in [0.3, 0.4) is 0 Å². The SMILES string of the molecule is COCCCN1C(=O)C(=C2C(=O)N(Cc3ccc(Cl)cc3)c3ccccc32)SC1=S. The van der Waals surface area contributed by atoms with Crippen molar-refractivity contribution in [1.29, 1.82) is 0 Å². The lowest BCUT2D eigenvalue weighted by molar-refractivity contribution is -0.122. The van der Waals surface area contributed by atoms with Crippen LogP contribution in [0, 0.1) is 0 Å². The van der Waals surface area contributed by atoms with Crippen LogP contribution in [0.25, 0.3) is 5.57 Å². The van der Waals surface area contributed by atoms with E-state index in [1.807, 2.05) is 36.4 Å². The third-order valence-electron chi connectivity index (χ3n) is 4.98. The molecule has 2 aliphatic heterocycles.